The summed E-state index contributed by atoms with van der Waals surface area (Å²) in [7, 11) is 1.45. The fourth-order valence-electron chi connectivity index (χ4n) is 8.27. The van der Waals surface area contributed by atoms with Crippen molar-refractivity contribution < 1.29 is 57.4 Å². The third kappa shape index (κ3) is 7.28. The van der Waals surface area contributed by atoms with E-state index in [2.05, 4.69) is 5.32 Å². The number of fused-ring (bicyclic) bond motifs is 9. The molecule has 5 heterocycles. The zero-order valence-corrected chi connectivity index (χ0v) is 35.0. The third-order valence-corrected chi connectivity index (χ3v) is 11.7. The maximum atomic E-state index is 14.7. The van der Waals surface area contributed by atoms with E-state index in [1.165, 1.54) is 40.2 Å². The van der Waals surface area contributed by atoms with Crippen LogP contribution in [0.4, 0.5) is 5.69 Å². The van der Waals surface area contributed by atoms with E-state index in [9.17, 15) is 29.4 Å². The molecule has 0 radical (unpaired) electrons. The number of phenols is 1. The van der Waals surface area contributed by atoms with Crippen molar-refractivity contribution in [1.82, 2.24) is 4.98 Å². The highest BCUT2D eigenvalue weighted by Crippen LogP contribution is 2.50. The molecule has 7 bridgehead atoms. The molecule has 5 aliphatic heterocycles. The Hall–Kier alpha value is -5.77. The summed E-state index contributed by atoms with van der Waals surface area (Å²) in [6.07, 6.45) is 4.39. The van der Waals surface area contributed by atoms with Gasteiger partial charge in [0.25, 0.3) is 11.7 Å². The van der Waals surface area contributed by atoms with Gasteiger partial charge in [0.05, 0.1) is 42.1 Å². The summed E-state index contributed by atoms with van der Waals surface area (Å²) in [5.74, 6) is -5.39. The first-order valence-corrected chi connectivity index (χ1v) is 20.0. The predicted molar refractivity (Wildman–Crippen MR) is 220 cm³/mol. The van der Waals surface area contributed by atoms with Crippen molar-refractivity contribution in [2.45, 2.75) is 98.1 Å². The number of Topliss-reactive ketones (excluding diaryl/α,β-unsaturated/α-hetero) is 1. The minimum Gasteiger partial charge on any atom is -0.507 e. The number of allylic oxidation sites excluding steroid dienone is 2. The number of ketones is 1. The SMILES string of the molecule is CCCOc1ccc2oc3c4c(=O)c5c(O)c(C)c6c(c5c-3nc2c1)C(=O)[C@@](C)(O/C=C/[C@H](OC)[C@@H](C)[C@@H](OC(C)=O)[C@@H]1O[C@H]([C@@H](C)[C@H]1O)[C@@H](C)/C=C/C=C(/C)C(=O)N4)O6. The number of ether oxygens (including phenoxy) is 6. The molecule has 9 atom stereocenters. The molecule has 0 aromatic heterocycles. The Labute approximate surface area is 346 Å². The van der Waals surface area contributed by atoms with E-state index in [0.717, 1.165) is 6.42 Å². The average molecular weight is 827 g/mol. The maximum absolute atomic E-state index is 14.7. The number of phenolic OH excluding ortho intramolecular Hbond substituents is 1. The van der Waals surface area contributed by atoms with Crippen LogP contribution in [0.2, 0.25) is 0 Å². The van der Waals surface area contributed by atoms with Crippen LogP contribution >= 0.6 is 0 Å². The number of aromatic nitrogens is 1. The van der Waals surface area contributed by atoms with E-state index in [1.54, 1.807) is 44.2 Å². The highest BCUT2D eigenvalue weighted by Gasteiger charge is 2.51. The Bertz CT molecular complexity index is 2500. The number of aliphatic hydroxyl groups excluding tert-OH is 1. The number of hydrogen-bond donors (Lipinski definition) is 3. The average Bonchev–Trinajstić information content (AvgIpc) is 3.66. The lowest BCUT2D eigenvalue weighted by Crippen LogP contribution is -2.46. The second-order valence-electron chi connectivity index (χ2n) is 15.9. The molecule has 15 nitrogen and oxygen atoms in total. The molecule has 15 heteroatoms. The van der Waals surface area contributed by atoms with Crippen LogP contribution in [0.15, 0.2) is 63.6 Å². The number of amides is 1. The van der Waals surface area contributed by atoms with Gasteiger partial charge in [0.2, 0.25) is 5.43 Å². The van der Waals surface area contributed by atoms with E-state index in [4.69, 9.17) is 37.8 Å². The number of nitrogens with zero attached hydrogens (tertiary/aromatic N) is 1. The first-order valence-electron chi connectivity index (χ1n) is 20.0. The minimum absolute atomic E-state index is 0.00627. The van der Waals surface area contributed by atoms with E-state index in [0.29, 0.717) is 17.9 Å². The number of benzene rings is 3. The molecule has 6 aliphatic rings. The fourth-order valence-corrected chi connectivity index (χ4v) is 8.27. The van der Waals surface area contributed by atoms with Crippen LogP contribution < -0.4 is 20.2 Å². The second kappa shape index (κ2) is 16.4. The number of aromatic hydroxyl groups is 1. The molecule has 1 aliphatic carbocycles. The molecule has 60 heavy (non-hydrogen) atoms. The quantitative estimate of drug-likeness (QED) is 0.112. The summed E-state index contributed by atoms with van der Waals surface area (Å²) >= 11 is 0. The lowest BCUT2D eigenvalue weighted by atomic mass is 9.86. The molecule has 0 saturated carbocycles. The highest BCUT2D eigenvalue weighted by atomic mass is 16.7. The van der Waals surface area contributed by atoms with Gasteiger partial charge in [0, 0.05) is 61.3 Å². The van der Waals surface area contributed by atoms with Crippen LogP contribution in [0.5, 0.6) is 17.2 Å². The van der Waals surface area contributed by atoms with Gasteiger partial charge < -0.3 is 48.4 Å². The Balaban J connectivity index is 1.44. The molecule has 1 fully saturated rings. The maximum Gasteiger partial charge on any atom is 0.312 e. The standard InChI is InChI=1S/C45H50N2O13/c1-10-17-55-26-14-15-29-27(19-26)46-33-30-31-35(49)23(5)39-32(30)43(52)45(8,60-39)56-18-16-28(54-9)22(4)40(57-25(7)48)42-36(50)24(6)38(59-42)20(2)12-11-13-21(3)44(53)47-34(37(31)51)41(33)58-29/h11-16,18-20,22,24,28,36,38,40,42,49-50H,10,17H2,1-9H3,(H,47,53)/b12-11+,18-16+,21-13-/t20-,22+,24-,28-,36+,38-,40+,42+,45-/m0/s1. The first-order chi connectivity index (χ1) is 28.5. The molecular formula is C45H50N2O13. The van der Waals surface area contributed by atoms with Gasteiger partial charge in [0.15, 0.2) is 11.3 Å². The topological polar surface area (TPSA) is 202 Å². The van der Waals surface area contributed by atoms with Crippen molar-refractivity contribution in [2.75, 3.05) is 19.0 Å². The van der Waals surface area contributed by atoms with Gasteiger partial charge in [-0.15, -0.1) is 0 Å². The largest absolute Gasteiger partial charge is 0.507 e. The number of methoxy groups -OCH3 is 1. The number of anilines is 1. The van der Waals surface area contributed by atoms with Gasteiger partial charge in [-0.2, -0.15) is 0 Å². The Morgan fingerprint density at radius 1 is 1.05 bits per heavy atom. The number of hydrogen-bond acceptors (Lipinski definition) is 14. The Kier molecular flexibility index (Phi) is 11.5. The van der Waals surface area contributed by atoms with Crippen LogP contribution in [-0.4, -0.2) is 82.9 Å². The van der Waals surface area contributed by atoms with Gasteiger partial charge in [0.1, 0.15) is 46.4 Å². The molecule has 318 valence electrons. The van der Waals surface area contributed by atoms with Crippen LogP contribution in [0.1, 0.15) is 70.8 Å². The predicted octanol–water partition coefficient (Wildman–Crippen LogP) is 6.51. The highest BCUT2D eigenvalue weighted by molar-refractivity contribution is 6.22. The number of esters is 1. The molecule has 0 spiro atoms. The van der Waals surface area contributed by atoms with E-state index < -0.39 is 71.1 Å². The van der Waals surface area contributed by atoms with E-state index >= 15 is 0 Å². The molecule has 0 unspecified atom stereocenters. The summed E-state index contributed by atoms with van der Waals surface area (Å²) in [5, 5.41) is 25.6. The molecular weight excluding hydrogens is 776 g/mol. The number of rotatable bonds is 5. The van der Waals surface area contributed by atoms with Gasteiger partial charge >= 0.3 is 11.8 Å². The lowest BCUT2D eigenvalue weighted by molar-refractivity contribution is -0.168. The molecule has 8 rings (SSSR count). The zero-order chi connectivity index (χ0) is 43.4. The van der Waals surface area contributed by atoms with Crippen molar-refractivity contribution >= 4 is 45.2 Å². The summed E-state index contributed by atoms with van der Waals surface area (Å²) in [6.45, 7) is 13.7. The normalized spacial score (nSPS) is 30.3. The van der Waals surface area contributed by atoms with Crippen LogP contribution in [0.3, 0.4) is 0 Å². The molecule has 1 saturated heterocycles. The zero-order valence-electron chi connectivity index (χ0n) is 35.0. The molecule has 3 N–H and O–H groups in total. The number of nitrogens with one attached hydrogen (secondary N) is 1. The number of carbonyl (C=O) groups excluding carboxylic acids is 3. The smallest absolute Gasteiger partial charge is 0.312 e. The molecule has 1 amide bonds. The van der Waals surface area contributed by atoms with Gasteiger partial charge in [-0.3, -0.25) is 19.2 Å². The Morgan fingerprint density at radius 2 is 1.80 bits per heavy atom. The van der Waals surface area contributed by atoms with Gasteiger partial charge in [-0.1, -0.05) is 45.9 Å². The molecule has 2 aromatic carbocycles. The van der Waals surface area contributed by atoms with Gasteiger partial charge in [-0.25, -0.2) is 4.98 Å². The Morgan fingerprint density at radius 3 is 2.50 bits per heavy atom. The van der Waals surface area contributed by atoms with Crippen molar-refractivity contribution in [1.29, 1.82) is 0 Å². The van der Waals surface area contributed by atoms with Crippen LogP contribution in [-0.2, 0) is 28.5 Å². The summed E-state index contributed by atoms with van der Waals surface area (Å²) < 4.78 is 42.5. The molecule has 2 aromatic rings. The lowest BCUT2D eigenvalue weighted by Gasteiger charge is -2.33. The van der Waals surface area contributed by atoms with E-state index in [1.807, 2.05) is 26.8 Å². The van der Waals surface area contributed by atoms with Crippen molar-refractivity contribution in [3.05, 3.63) is 75.7 Å². The minimum atomic E-state index is -2.02. The van der Waals surface area contributed by atoms with Crippen LogP contribution in [0.25, 0.3) is 33.3 Å². The monoisotopic (exact) mass is 826 g/mol. The number of aliphatic hydroxyl groups is 1. The van der Waals surface area contributed by atoms with Crippen molar-refractivity contribution in [3.63, 3.8) is 0 Å². The summed E-state index contributed by atoms with van der Waals surface area (Å²) in [4.78, 5) is 60.4. The summed E-state index contributed by atoms with van der Waals surface area (Å²) in [5.41, 5.74) is -0.365. The van der Waals surface area contributed by atoms with Crippen LogP contribution in [0, 0.1) is 24.7 Å². The third-order valence-electron chi connectivity index (χ3n) is 11.7. The van der Waals surface area contributed by atoms with E-state index in [-0.39, 0.29) is 67.8 Å². The second-order valence-corrected chi connectivity index (χ2v) is 15.9. The first kappa shape index (κ1) is 42.4. The summed E-state index contributed by atoms with van der Waals surface area (Å²) in [6, 6.07) is 4.98. The number of carbonyl (C=O) groups is 3. The van der Waals surface area contributed by atoms with Gasteiger partial charge in [-0.05, 0) is 38.5 Å². The van der Waals surface area contributed by atoms with Crippen molar-refractivity contribution in [2.24, 2.45) is 17.8 Å². The fraction of sp³-hybridized carbons (Fsp3) is 0.444. The van der Waals surface area contributed by atoms with Crippen molar-refractivity contribution in [3.8, 4) is 28.7 Å².